The fourth-order valence-corrected chi connectivity index (χ4v) is 3.41. The first-order valence-corrected chi connectivity index (χ1v) is 12.7. The predicted molar refractivity (Wildman–Crippen MR) is 128 cm³/mol. The van der Waals surface area contributed by atoms with Crippen molar-refractivity contribution in [2.24, 2.45) is 0 Å². The molecular formula is C25H47NO7. The summed E-state index contributed by atoms with van der Waals surface area (Å²) in [4.78, 5) is 36.2. The molecule has 0 aliphatic carbocycles. The van der Waals surface area contributed by atoms with Crippen LogP contribution in [0.25, 0.3) is 0 Å². The van der Waals surface area contributed by atoms with Crippen LogP contribution in [0.5, 0.6) is 0 Å². The van der Waals surface area contributed by atoms with E-state index in [1.54, 1.807) is 0 Å². The van der Waals surface area contributed by atoms with E-state index < -0.39 is 18.1 Å². The molecular weight excluding hydrogens is 426 g/mol. The molecule has 0 aromatic carbocycles. The summed E-state index contributed by atoms with van der Waals surface area (Å²) >= 11 is 0. The highest BCUT2D eigenvalue weighted by Crippen LogP contribution is 2.15. The molecule has 0 radical (unpaired) electrons. The fourth-order valence-electron chi connectivity index (χ4n) is 3.41. The Hall–Kier alpha value is -1.83. The van der Waals surface area contributed by atoms with Crippen molar-refractivity contribution in [1.29, 1.82) is 0 Å². The van der Waals surface area contributed by atoms with E-state index >= 15 is 0 Å². The topological polar surface area (TPSA) is 102 Å². The van der Waals surface area contributed by atoms with Crippen LogP contribution in [0, 0.1) is 0 Å². The normalized spacial score (nSPS) is 11.9. The third kappa shape index (κ3) is 23.1. The first-order chi connectivity index (χ1) is 15.8. The predicted octanol–water partition coefficient (Wildman–Crippen LogP) is 5.57. The van der Waals surface area contributed by atoms with Crippen LogP contribution < -0.4 is 0 Å². The average molecular weight is 474 g/mol. The largest absolute Gasteiger partial charge is 0.508 e. The molecule has 0 spiro atoms. The summed E-state index contributed by atoms with van der Waals surface area (Å²) in [5.41, 5.74) is 0. The monoisotopic (exact) mass is 473 g/mol. The highest BCUT2D eigenvalue weighted by atomic mass is 16.7. The first kappa shape index (κ1) is 31.2. The molecule has 1 atom stereocenters. The third-order valence-corrected chi connectivity index (χ3v) is 5.36. The highest BCUT2D eigenvalue weighted by Gasteiger charge is 2.17. The minimum atomic E-state index is -1.04. The summed E-state index contributed by atoms with van der Waals surface area (Å²) in [5, 5.41) is 8.64. The van der Waals surface area contributed by atoms with Crippen molar-refractivity contribution in [1.82, 2.24) is 4.90 Å². The molecule has 0 aromatic heterocycles. The SMILES string of the molecule is CCCCCCCCCCCCC(CCOC(=O)CCC(=O)O)OC(=O)OCCCN(C)C. The number of ether oxygens (including phenoxy) is 3. The summed E-state index contributed by atoms with van der Waals surface area (Å²) in [6, 6.07) is 0. The molecule has 0 aliphatic rings. The van der Waals surface area contributed by atoms with Gasteiger partial charge in [-0.05, 0) is 33.4 Å². The van der Waals surface area contributed by atoms with Gasteiger partial charge in [0.2, 0.25) is 0 Å². The number of aliphatic carboxylic acids is 1. The van der Waals surface area contributed by atoms with Crippen molar-refractivity contribution < 1.29 is 33.7 Å². The van der Waals surface area contributed by atoms with Crippen molar-refractivity contribution in [2.45, 2.75) is 109 Å². The Balaban J connectivity index is 4.18. The lowest BCUT2D eigenvalue weighted by Gasteiger charge is -2.18. The molecule has 0 heterocycles. The van der Waals surface area contributed by atoms with Gasteiger partial charge in [0.05, 0.1) is 26.1 Å². The summed E-state index contributed by atoms with van der Waals surface area (Å²) in [6.07, 6.45) is 12.5. The van der Waals surface area contributed by atoms with E-state index in [1.165, 1.54) is 51.4 Å². The van der Waals surface area contributed by atoms with Crippen LogP contribution >= 0.6 is 0 Å². The number of carboxylic acid groups (broad SMARTS) is 1. The summed E-state index contributed by atoms with van der Waals surface area (Å²) in [7, 11) is 3.91. The van der Waals surface area contributed by atoms with Gasteiger partial charge in [-0.3, -0.25) is 9.59 Å². The second-order valence-electron chi connectivity index (χ2n) is 8.87. The second-order valence-corrected chi connectivity index (χ2v) is 8.87. The molecule has 1 N–H and O–H groups in total. The lowest BCUT2D eigenvalue weighted by atomic mass is 10.0. The fraction of sp³-hybridized carbons (Fsp3) is 0.880. The number of carbonyl (C=O) groups is 3. The van der Waals surface area contributed by atoms with Gasteiger partial charge >= 0.3 is 18.1 Å². The van der Waals surface area contributed by atoms with Gasteiger partial charge < -0.3 is 24.2 Å². The van der Waals surface area contributed by atoms with E-state index in [2.05, 4.69) is 6.92 Å². The van der Waals surface area contributed by atoms with Gasteiger partial charge in [-0.25, -0.2) is 4.79 Å². The van der Waals surface area contributed by atoms with E-state index in [4.69, 9.17) is 19.3 Å². The van der Waals surface area contributed by atoms with E-state index in [1.807, 2.05) is 19.0 Å². The van der Waals surface area contributed by atoms with Crippen LogP contribution in [0.3, 0.4) is 0 Å². The zero-order chi connectivity index (χ0) is 24.7. The lowest BCUT2D eigenvalue weighted by molar-refractivity contribution is -0.148. The minimum Gasteiger partial charge on any atom is -0.481 e. The molecule has 0 amide bonds. The van der Waals surface area contributed by atoms with Crippen molar-refractivity contribution in [3.63, 3.8) is 0 Å². The molecule has 0 saturated heterocycles. The van der Waals surface area contributed by atoms with Crippen LogP contribution in [0.15, 0.2) is 0 Å². The van der Waals surface area contributed by atoms with Crippen LogP contribution in [-0.4, -0.2) is 68.1 Å². The molecule has 8 heteroatoms. The number of esters is 1. The van der Waals surface area contributed by atoms with Gasteiger partial charge in [0.25, 0.3) is 0 Å². The molecule has 194 valence electrons. The molecule has 0 saturated carbocycles. The Labute approximate surface area is 200 Å². The van der Waals surface area contributed by atoms with Gasteiger partial charge in [0, 0.05) is 13.0 Å². The number of hydrogen-bond donors (Lipinski definition) is 1. The van der Waals surface area contributed by atoms with Gasteiger partial charge in [-0.2, -0.15) is 0 Å². The molecule has 8 nitrogen and oxygen atoms in total. The number of nitrogens with zero attached hydrogens (tertiary/aromatic N) is 1. The van der Waals surface area contributed by atoms with Crippen molar-refractivity contribution in [3.8, 4) is 0 Å². The Bertz CT molecular complexity index is 511. The molecule has 0 fully saturated rings. The Morgan fingerprint density at radius 2 is 1.36 bits per heavy atom. The van der Waals surface area contributed by atoms with Crippen molar-refractivity contribution >= 4 is 18.1 Å². The molecule has 0 bridgehead atoms. The molecule has 0 aromatic rings. The number of carboxylic acids is 1. The quantitative estimate of drug-likeness (QED) is 0.161. The number of hydrogen-bond acceptors (Lipinski definition) is 7. The third-order valence-electron chi connectivity index (χ3n) is 5.36. The van der Waals surface area contributed by atoms with Crippen LogP contribution in [-0.2, 0) is 23.8 Å². The van der Waals surface area contributed by atoms with Crippen LogP contribution in [0.2, 0.25) is 0 Å². The number of rotatable bonds is 22. The van der Waals surface area contributed by atoms with Gasteiger partial charge in [0.1, 0.15) is 6.10 Å². The Morgan fingerprint density at radius 1 is 0.758 bits per heavy atom. The zero-order valence-electron chi connectivity index (χ0n) is 21.1. The maximum atomic E-state index is 12.0. The molecule has 0 rings (SSSR count). The average Bonchev–Trinajstić information content (AvgIpc) is 2.76. The molecule has 1 unspecified atom stereocenters. The number of carbonyl (C=O) groups excluding carboxylic acids is 2. The smallest absolute Gasteiger partial charge is 0.481 e. The second kappa shape index (κ2) is 22.0. The number of unbranched alkanes of at least 4 members (excludes halogenated alkanes) is 9. The van der Waals surface area contributed by atoms with E-state index in [-0.39, 0.29) is 25.6 Å². The first-order valence-electron chi connectivity index (χ1n) is 12.7. The van der Waals surface area contributed by atoms with E-state index in [0.29, 0.717) is 19.4 Å². The Kier molecular flexibility index (Phi) is 20.8. The van der Waals surface area contributed by atoms with E-state index in [0.717, 1.165) is 25.8 Å². The minimum absolute atomic E-state index is 0.0921. The standard InChI is InChI=1S/C25H47NO7/c1-4-5-6-7-8-9-10-11-12-13-15-22(18-21-31-24(29)17-16-23(27)28)33-25(30)32-20-14-19-26(2)3/h22H,4-21H2,1-3H3,(H,27,28). The van der Waals surface area contributed by atoms with Crippen molar-refractivity contribution in [2.75, 3.05) is 33.9 Å². The zero-order valence-corrected chi connectivity index (χ0v) is 21.1. The van der Waals surface area contributed by atoms with Gasteiger partial charge in [-0.1, -0.05) is 64.7 Å². The van der Waals surface area contributed by atoms with Crippen LogP contribution in [0.1, 0.15) is 103 Å². The van der Waals surface area contributed by atoms with Gasteiger partial charge in [0.15, 0.2) is 0 Å². The molecule has 33 heavy (non-hydrogen) atoms. The maximum absolute atomic E-state index is 12.0. The Morgan fingerprint density at radius 3 is 1.94 bits per heavy atom. The lowest BCUT2D eigenvalue weighted by Crippen LogP contribution is -2.23. The van der Waals surface area contributed by atoms with Gasteiger partial charge in [-0.15, -0.1) is 0 Å². The summed E-state index contributed by atoms with van der Waals surface area (Å²) < 4.78 is 15.7. The summed E-state index contributed by atoms with van der Waals surface area (Å²) in [6.45, 7) is 3.44. The highest BCUT2D eigenvalue weighted by molar-refractivity contribution is 5.76. The molecule has 0 aliphatic heterocycles. The summed E-state index contributed by atoms with van der Waals surface area (Å²) in [5.74, 6) is -1.59. The van der Waals surface area contributed by atoms with E-state index in [9.17, 15) is 14.4 Å². The van der Waals surface area contributed by atoms with Crippen LogP contribution in [0.4, 0.5) is 4.79 Å². The maximum Gasteiger partial charge on any atom is 0.508 e. The van der Waals surface area contributed by atoms with Crippen molar-refractivity contribution in [3.05, 3.63) is 0 Å².